The maximum Gasteiger partial charge on any atom is 0.270 e. The minimum absolute atomic E-state index is 0.0101. The normalized spacial score (nSPS) is 14.5. The standard InChI is InChI=1S/C23H25N3O7S2/c1-31-20-11-15(12-21(32-2)22(20)33-3)19-14-34-23(24-19)25-9-7-17(8-10-25)35(29,30)18-6-4-5-16(13-18)26(27)28/h4-6,11-14,17H,7-10H2,1-3H3. The number of nitrogens with zero attached hydrogens (tertiary/aromatic N) is 3. The molecule has 2 aromatic carbocycles. The van der Waals surface area contributed by atoms with Gasteiger partial charge in [-0.05, 0) is 31.0 Å². The van der Waals surface area contributed by atoms with Gasteiger partial charge in [0.15, 0.2) is 26.5 Å². The molecule has 4 rings (SSSR count). The molecule has 0 saturated carbocycles. The molecular formula is C23H25N3O7S2. The van der Waals surface area contributed by atoms with Gasteiger partial charge in [0, 0.05) is 36.2 Å². The maximum atomic E-state index is 13.1. The molecule has 0 atom stereocenters. The second-order valence-electron chi connectivity index (χ2n) is 7.92. The minimum Gasteiger partial charge on any atom is -0.493 e. The number of methoxy groups -OCH3 is 3. The molecule has 186 valence electrons. The van der Waals surface area contributed by atoms with Gasteiger partial charge in [0.05, 0.1) is 42.1 Å². The van der Waals surface area contributed by atoms with Gasteiger partial charge in [-0.25, -0.2) is 13.4 Å². The van der Waals surface area contributed by atoms with Crippen molar-refractivity contribution in [1.29, 1.82) is 0 Å². The number of anilines is 1. The zero-order chi connectivity index (χ0) is 25.2. The third kappa shape index (κ3) is 4.89. The summed E-state index contributed by atoms with van der Waals surface area (Å²) in [6.45, 7) is 1.03. The number of non-ortho nitro benzene ring substituents is 1. The van der Waals surface area contributed by atoms with Gasteiger partial charge in [-0.1, -0.05) is 6.07 Å². The van der Waals surface area contributed by atoms with Gasteiger partial charge in [-0.15, -0.1) is 11.3 Å². The third-order valence-electron chi connectivity index (χ3n) is 5.96. The summed E-state index contributed by atoms with van der Waals surface area (Å²) >= 11 is 1.48. The molecule has 2 heterocycles. The van der Waals surface area contributed by atoms with Crippen LogP contribution in [0.15, 0.2) is 46.7 Å². The predicted molar refractivity (Wildman–Crippen MR) is 133 cm³/mol. The fourth-order valence-electron chi connectivity index (χ4n) is 4.09. The van der Waals surface area contributed by atoms with E-state index in [2.05, 4.69) is 4.90 Å². The number of benzene rings is 2. The number of aromatic nitrogens is 1. The summed E-state index contributed by atoms with van der Waals surface area (Å²) in [5, 5.41) is 13.2. The van der Waals surface area contributed by atoms with E-state index in [1.54, 1.807) is 21.3 Å². The molecule has 1 aliphatic rings. The number of nitro groups is 1. The van der Waals surface area contributed by atoms with E-state index in [0.29, 0.717) is 43.2 Å². The van der Waals surface area contributed by atoms with Crippen molar-refractivity contribution in [1.82, 2.24) is 4.98 Å². The van der Waals surface area contributed by atoms with E-state index in [0.717, 1.165) is 22.5 Å². The highest BCUT2D eigenvalue weighted by Crippen LogP contribution is 2.42. The second-order valence-corrected chi connectivity index (χ2v) is 11.0. The number of piperidine rings is 1. The molecule has 35 heavy (non-hydrogen) atoms. The van der Waals surface area contributed by atoms with Crippen LogP contribution in [0.25, 0.3) is 11.3 Å². The number of rotatable bonds is 8. The average Bonchev–Trinajstić information content (AvgIpc) is 3.38. The third-order valence-corrected chi connectivity index (χ3v) is 9.12. The van der Waals surface area contributed by atoms with E-state index in [-0.39, 0.29) is 10.6 Å². The highest BCUT2D eigenvalue weighted by molar-refractivity contribution is 7.92. The monoisotopic (exact) mass is 519 g/mol. The Morgan fingerprint density at radius 2 is 1.71 bits per heavy atom. The van der Waals surface area contributed by atoms with Crippen molar-refractivity contribution in [3.8, 4) is 28.5 Å². The molecule has 0 amide bonds. The van der Waals surface area contributed by atoms with Crippen molar-refractivity contribution in [2.45, 2.75) is 23.0 Å². The van der Waals surface area contributed by atoms with Crippen LogP contribution >= 0.6 is 11.3 Å². The van der Waals surface area contributed by atoms with Crippen molar-refractivity contribution < 1.29 is 27.6 Å². The number of sulfone groups is 1. The zero-order valence-electron chi connectivity index (χ0n) is 19.5. The highest BCUT2D eigenvalue weighted by Gasteiger charge is 2.33. The van der Waals surface area contributed by atoms with Gasteiger partial charge in [0.25, 0.3) is 5.69 Å². The molecule has 1 saturated heterocycles. The summed E-state index contributed by atoms with van der Waals surface area (Å²) in [5.74, 6) is 1.56. The first-order valence-corrected chi connectivity index (χ1v) is 13.2. The Hall–Kier alpha value is -3.38. The number of ether oxygens (including phenoxy) is 3. The lowest BCUT2D eigenvalue weighted by Gasteiger charge is -2.31. The summed E-state index contributed by atoms with van der Waals surface area (Å²) in [6.07, 6.45) is 0.814. The van der Waals surface area contributed by atoms with Crippen LogP contribution in [0.4, 0.5) is 10.8 Å². The summed E-state index contributed by atoms with van der Waals surface area (Å²) in [4.78, 5) is 17.3. The molecule has 12 heteroatoms. The van der Waals surface area contributed by atoms with E-state index < -0.39 is 20.0 Å². The Bertz CT molecular complexity index is 1310. The highest BCUT2D eigenvalue weighted by atomic mass is 32.2. The Kier molecular flexibility index (Phi) is 7.13. The Balaban J connectivity index is 1.49. The number of hydrogen-bond donors (Lipinski definition) is 0. The lowest BCUT2D eigenvalue weighted by Crippen LogP contribution is -2.39. The molecule has 10 nitrogen and oxygen atoms in total. The van der Waals surface area contributed by atoms with E-state index in [9.17, 15) is 18.5 Å². The average molecular weight is 520 g/mol. The van der Waals surface area contributed by atoms with Crippen LogP contribution in [-0.2, 0) is 9.84 Å². The quantitative estimate of drug-likeness (QED) is 0.318. The van der Waals surface area contributed by atoms with Gasteiger partial charge >= 0.3 is 0 Å². The summed E-state index contributed by atoms with van der Waals surface area (Å²) in [5.41, 5.74) is 1.33. The molecule has 0 unspecified atom stereocenters. The fourth-order valence-corrected chi connectivity index (χ4v) is 6.75. The number of thiazole rings is 1. The van der Waals surface area contributed by atoms with Crippen LogP contribution in [0.3, 0.4) is 0 Å². The fraction of sp³-hybridized carbons (Fsp3) is 0.348. The molecule has 1 fully saturated rings. The molecule has 0 spiro atoms. The van der Waals surface area contributed by atoms with Gasteiger partial charge in [0.2, 0.25) is 5.75 Å². The van der Waals surface area contributed by atoms with Gasteiger partial charge in [-0.3, -0.25) is 10.1 Å². The predicted octanol–water partition coefficient (Wildman–Crippen LogP) is 4.19. The van der Waals surface area contributed by atoms with Crippen LogP contribution in [0.2, 0.25) is 0 Å². The molecule has 0 aliphatic carbocycles. The lowest BCUT2D eigenvalue weighted by molar-refractivity contribution is -0.385. The van der Waals surface area contributed by atoms with Crippen LogP contribution in [-0.4, -0.2) is 58.0 Å². The van der Waals surface area contributed by atoms with Crippen LogP contribution < -0.4 is 19.1 Å². The molecule has 1 aliphatic heterocycles. The largest absolute Gasteiger partial charge is 0.493 e. The smallest absolute Gasteiger partial charge is 0.270 e. The topological polar surface area (TPSA) is 121 Å². The number of hydrogen-bond acceptors (Lipinski definition) is 10. The zero-order valence-corrected chi connectivity index (χ0v) is 21.1. The molecule has 0 bridgehead atoms. The molecule has 3 aromatic rings. The van der Waals surface area contributed by atoms with Crippen molar-refractivity contribution in [3.63, 3.8) is 0 Å². The van der Waals surface area contributed by atoms with Crippen LogP contribution in [0, 0.1) is 10.1 Å². The van der Waals surface area contributed by atoms with Crippen LogP contribution in [0.1, 0.15) is 12.8 Å². The van der Waals surface area contributed by atoms with Gasteiger partial charge in [0.1, 0.15) is 0 Å². The van der Waals surface area contributed by atoms with E-state index in [1.807, 2.05) is 17.5 Å². The summed E-state index contributed by atoms with van der Waals surface area (Å²) in [7, 11) is 0.984. The molecule has 1 aromatic heterocycles. The molecular weight excluding hydrogens is 494 g/mol. The minimum atomic E-state index is -3.67. The first kappa shape index (κ1) is 24.7. The first-order chi connectivity index (χ1) is 16.8. The lowest BCUT2D eigenvalue weighted by atomic mass is 10.1. The SMILES string of the molecule is COc1cc(-c2csc(N3CCC(S(=O)(=O)c4cccc([N+](=O)[O-])c4)CC3)n2)cc(OC)c1OC. The molecule has 0 N–H and O–H groups in total. The van der Waals surface area contributed by atoms with Gasteiger partial charge in [-0.2, -0.15) is 0 Å². The summed E-state index contributed by atoms with van der Waals surface area (Å²) in [6, 6.07) is 8.90. The number of nitro benzene ring substituents is 1. The van der Waals surface area contributed by atoms with Crippen molar-refractivity contribution in [3.05, 3.63) is 51.9 Å². The van der Waals surface area contributed by atoms with E-state index in [4.69, 9.17) is 19.2 Å². The van der Waals surface area contributed by atoms with Crippen molar-refractivity contribution >= 4 is 32.0 Å². The first-order valence-electron chi connectivity index (χ1n) is 10.8. The van der Waals surface area contributed by atoms with Crippen molar-refractivity contribution in [2.24, 2.45) is 0 Å². The van der Waals surface area contributed by atoms with Gasteiger partial charge < -0.3 is 19.1 Å². The summed E-state index contributed by atoms with van der Waals surface area (Å²) < 4.78 is 42.4. The van der Waals surface area contributed by atoms with Crippen molar-refractivity contribution in [2.75, 3.05) is 39.3 Å². The molecule has 0 radical (unpaired) electrons. The second kappa shape index (κ2) is 10.1. The van der Waals surface area contributed by atoms with Crippen LogP contribution in [0.5, 0.6) is 17.2 Å². The Labute approximate surface area is 207 Å². The van der Waals surface area contributed by atoms with E-state index >= 15 is 0 Å². The Morgan fingerprint density at radius 3 is 2.29 bits per heavy atom. The Morgan fingerprint density at radius 1 is 1.06 bits per heavy atom. The maximum absolute atomic E-state index is 13.1. The van der Waals surface area contributed by atoms with E-state index in [1.165, 1.54) is 29.5 Å².